The molecule has 0 atom stereocenters. The van der Waals surface area contributed by atoms with Crippen molar-refractivity contribution in [1.82, 2.24) is 0 Å². The zero-order valence-electron chi connectivity index (χ0n) is 11.6. The molecule has 5 heteroatoms. The van der Waals surface area contributed by atoms with E-state index < -0.39 is 5.97 Å². The molecule has 0 saturated heterocycles. The van der Waals surface area contributed by atoms with Gasteiger partial charge in [-0.25, -0.2) is 0 Å². The third-order valence-electron chi connectivity index (χ3n) is 2.63. The molecule has 2 rings (SSSR count). The summed E-state index contributed by atoms with van der Waals surface area (Å²) >= 11 is 6.08. The quantitative estimate of drug-likeness (QED) is 0.638. The van der Waals surface area contributed by atoms with Crippen molar-refractivity contribution in [2.24, 2.45) is 0 Å². The molecule has 4 nitrogen and oxygen atoms in total. The van der Waals surface area contributed by atoms with Crippen LogP contribution < -0.4 is 9.47 Å². The molecule has 0 saturated carbocycles. The Labute approximate surface area is 127 Å². The van der Waals surface area contributed by atoms with Crippen LogP contribution in [0.25, 0.3) is 11.1 Å². The average Bonchev–Trinajstić information content (AvgIpc) is 2.41. The highest BCUT2D eigenvalue weighted by Gasteiger charge is 2.07. The minimum Gasteiger partial charge on any atom is -0.427 e. The molecule has 0 aliphatic heterocycles. The second-order valence-electron chi connectivity index (χ2n) is 4.36. The molecule has 21 heavy (non-hydrogen) atoms. The third kappa shape index (κ3) is 4.07. The van der Waals surface area contributed by atoms with Gasteiger partial charge in [0, 0.05) is 13.8 Å². The number of carbonyl (C=O) groups excluding carboxylic acids is 2. The Morgan fingerprint density at radius 1 is 0.857 bits per heavy atom. The normalized spacial score (nSPS) is 10.0. The number of ether oxygens (including phenoxy) is 2. The van der Waals surface area contributed by atoms with Gasteiger partial charge in [0.25, 0.3) is 0 Å². The Morgan fingerprint density at radius 3 is 1.95 bits per heavy atom. The highest BCUT2D eigenvalue weighted by molar-refractivity contribution is 6.32. The summed E-state index contributed by atoms with van der Waals surface area (Å²) in [5.41, 5.74) is 1.77. The van der Waals surface area contributed by atoms with Gasteiger partial charge in [-0.3, -0.25) is 9.59 Å². The fourth-order valence-electron chi connectivity index (χ4n) is 1.80. The number of benzene rings is 2. The van der Waals surface area contributed by atoms with Crippen LogP contribution in [0.1, 0.15) is 13.8 Å². The summed E-state index contributed by atoms with van der Waals surface area (Å²) < 4.78 is 9.94. The molecule has 108 valence electrons. The first-order chi connectivity index (χ1) is 9.95. The van der Waals surface area contributed by atoms with Gasteiger partial charge in [-0.2, -0.15) is 0 Å². The number of halogens is 1. The molecule has 0 aliphatic carbocycles. The van der Waals surface area contributed by atoms with Crippen molar-refractivity contribution in [1.29, 1.82) is 0 Å². The van der Waals surface area contributed by atoms with Crippen molar-refractivity contribution in [3.63, 3.8) is 0 Å². The lowest BCUT2D eigenvalue weighted by Crippen LogP contribution is -2.01. The lowest BCUT2D eigenvalue weighted by Gasteiger charge is -2.08. The van der Waals surface area contributed by atoms with Gasteiger partial charge >= 0.3 is 11.9 Å². The number of carbonyl (C=O) groups is 2. The second-order valence-corrected chi connectivity index (χ2v) is 4.76. The first-order valence-electron chi connectivity index (χ1n) is 6.22. The molecule has 0 bridgehead atoms. The summed E-state index contributed by atoms with van der Waals surface area (Å²) in [6, 6.07) is 12.2. The zero-order valence-corrected chi connectivity index (χ0v) is 12.3. The van der Waals surface area contributed by atoms with E-state index in [0.717, 1.165) is 11.1 Å². The van der Waals surface area contributed by atoms with E-state index in [-0.39, 0.29) is 5.97 Å². The molecule has 0 unspecified atom stereocenters. The summed E-state index contributed by atoms with van der Waals surface area (Å²) in [6.07, 6.45) is 0. The van der Waals surface area contributed by atoms with E-state index in [1.54, 1.807) is 30.3 Å². The predicted molar refractivity (Wildman–Crippen MR) is 79.5 cm³/mol. The van der Waals surface area contributed by atoms with E-state index in [0.29, 0.717) is 16.5 Å². The van der Waals surface area contributed by atoms with Crippen molar-refractivity contribution < 1.29 is 19.1 Å². The first-order valence-corrected chi connectivity index (χ1v) is 6.60. The maximum absolute atomic E-state index is 10.9. The van der Waals surface area contributed by atoms with Crippen molar-refractivity contribution in [2.75, 3.05) is 0 Å². The highest BCUT2D eigenvalue weighted by atomic mass is 35.5. The van der Waals surface area contributed by atoms with E-state index in [4.69, 9.17) is 21.1 Å². The van der Waals surface area contributed by atoms with Crippen LogP contribution in [0.3, 0.4) is 0 Å². The largest absolute Gasteiger partial charge is 0.427 e. The van der Waals surface area contributed by atoms with E-state index in [1.165, 1.54) is 13.8 Å². The molecule has 0 amide bonds. The molecular weight excluding hydrogens is 292 g/mol. The highest BCUT2D eigenvalue weighted by Crippen LogP contribution is 2.31. The van der Waals surface area contributed by atoms with E-state index in [9.17, 15) is 9.59 Å². The monoisotopic (exact) mass is 304 g/mol. The predicted octanol–water partition coefficient (Wildman–Crippen LogP) is 3.86. The Balaban J connectivity index is 2.24. The first kappa shape index (κ1) is 15.1. The average molecular weight is 305 g/mol. The van der Waals surface area contributed by atoms with Gasteiger partial charge in [0.2, 0.25) is 0 Å². The van der Waals surface area contributed by atoms with Gasteiger partial charge in [-0.15, -0.1) is 0 Å². The summed E-state index contributed by atoms with van der Waals surface area (Å²) in [7, 11) is 0. The molecule has 0 fully saturated rings. The molecule has 0 spiro atoms. The second kappa shape index (κ2) is 6.41. The Morgan fingerprint density at radius 2 is 1.43 bits per heavy atom. The maximum atomic E-state index is 10.9. The van der Waals surface area contributed by atoms with Crippen LogP contribution in [0, 0.1) is 0 Å². The Hall–Kier alpha value is -2.33. The Kier molecular flexibility index (Phi) is 4.60. The number of hydrogen-bond donors (Lipinski definition) is 0. The molecule has 2 aromatic carbocycles. The van der Waals surface area contributed by atoms with Crippen molar-refractivity contribution in [3.8, 4) is 22.6 Å². The van der Waals surface area contributed by atoms with Gasteiger partial charge in [0.1, 0.15) is 11.5 Å². The fraction of sp³-hybridized carbons (Fsp3) is 0.125. The van der Waals surface area contributed by atoms with Crippen LogP contribution in [0.5, 0.6) is 11.5 Å². The summed E-state index contributed by atoms with van der Waals surface area (Å²) in [5, 5.41) is 0.353. The summed E-state index contributed by atoms with van der Waals surface area (Å²) in [5.74, 6) is 0.0187. The van der Waals surface area contributed by atoms with Crippen molar-refractivity contribution >= 4 is 23.5 Å². The molecular formula is C16H13ClO4. The zero-order chi connectivity index (χ0) is 15.4. The van der Waals surface area contributed by atoms with E-state index in [1.807, 2.05) is 12.1 Å². The van der Waals surface area contributed by atoms with Crippen LogP contribution >= 0.6 is 11.6 Å². The van der Waals surface area contributed by atoms with Crippen molar-refractivity contribution in [3.05, 3.63) is 47.5 Å². The Bertz CT molecular complexity index is 677. The lowest BCUT2D eigenvalue weighted by atomic mass is 10.1. The summed E-state index contributed by atoms with van der Waals surface area (Å²) in [4.78, 5) is 21.8. The van der Waals surface area contributed by atoms with Crippen LogP contribution in [0.2, 0.25) is 5.02 Å². The van der Waals surface area contributed by atoms with Gasteiger partial charge in [0.15, 0.2) is 0 Å². The standard InChI is InChI=1S/C16H13ClO4/c1-10(18)20-14-6-3-12(4-7-14)13-5-8-16(15(17)9-13)21-11(2)19/h3-9H,1-2H3. The molecule has 0 aromatic heterocycles. The number of rotatable bonds is 3. The minimum absolute atomic E-state index is 0.324. The fourth-order valence-corrected chi connectivity index (χ4v) is 2.02. The topological polar surface area (TPSA) is 52.6 Å². The molecule has 0 heterocycles. The maximum Gasteiger partial charge on any atom is 0.308 e. The van der Waals surface area contributed by atoms with Crippen LogP contribution in [0.4, 0.5) is 0 Å². The molecule has 0 N–H and O–H groups in total. The molecule has 2 aromatic rings. The molecule has 0 radical (unpaired) electrons. The van der Waals surface area contributed by atoms with E-state index in [2.05, 4.69) is 0 Å². The minimum atomic E-state index is -0.421. The smallest absolute Gasteiger partial charge is 0.308 e. The van der Waals surface area contributed by atoms with Crippen molar-refractivity contribution in [2.45, 2.75) is 13.8 Å². The van der Waals surface area contributed by atoms with Gasteiger partial charge in [0.05, 0.1) is 5.02 Å². The third-order valence-corrected chi connectivity index (χ3v) is 2.93. The van der Waals surface area contributed by atoms with Crippen LogP contribution in [-0.4, -0.2) is 11.9 Å². The SMILES string of the molecule is CC(=O)Oc1ccc(-c2ccc(OC(C)=O)c(Cl)c2)cc1. The summed E-state index contributed by atoms with van der Waals surface area (Å²) in [6.45, 7) is 2.67. The van der Waals surface area contributed by atoms with Gasteiger partial charge in [-0.05, 0) is 35.4 Å². The van der Waals surface area contributed by atoms with Gasteiger partial charge < -0.3 is 9.47 Å². The van der Waals surface area contributed by atoms with Gasteiger partial charge in [-0.1, -0.05) is 29.8 Å². The number of hydrogen-bond acceptors (Lipinski definition) is 4. The van der Waals surface area contributed by atoms with Crippen LogP contribution in [0.15, 0.2) is 42.5 Å². The lowest BCUT2D eigenvalue weighted by molar-refractivity contribution is -0.132. The van der Waals surface area contributed by atoms with Crippen LogP contribution in [-0.2, 0) is 9.59 Å². The number of esters is 2. The molecule has 0 aliphatic rings. The van der Waals surface area contributed by atoms with E-state index >= 15 is 0 Å².